The maximum absolute atomic E-state index is 12.3. The molecule has 146 valence electrons. The molecule has 0 spiro atoms. The Morgan fingerprint density at radius 3 is 2.60 bits per heavy atom. The van der Waals surface area contributed by atoms with Crippen molar-refractivity contribution < 1.29 is 4.74 Å². The van der Waals surface area contributed by atoms with E-state index in [0.717, 1.165) is 22.1 Å². The van der Waals surface area contributed by atoms with E-state index in [1.54, 1.807) is 25.5 Å². The molecule has 4 rings (SSSR count). The minimum Gasteiger partial charge on any atom is -0.496 e. The van der Waals surface area contributed by atoms with E-state index in [0.29, 0.717) is 11.3 Å². The van der Waals surface area contributed by atoms with Gasteiger partial charge in [0.15, 0.2) is 0 Å². The van der Waals surface area contributed by atoms with Crippen LogP contribution in [-0.2, 0) is 0 Å². The molecule has 7 nitrogen and oxygen atoms in total. The van der Waals surface area contributed by atoms with Gasteiger partial charge in [0, 0.05) is 16.5 Å². The molecule has 3 aromatic carbocycles. The molecule has 0 unspecified atom stereocenters. The van der Waals surface area contributed by atoms with E-state index in [4.69, 9.17) is 4.74 Å². The molecular weight excluding hydrogens is 378 g/mol. The summed E-state index contributed by atoms with van der Waals surface area (Å²) in [6, 6.07) is 22.6. The number of methoxy groups -OCH3 is 1. The van der Waals surface area contributed by atoms with E-state index in [-0.39, 0.29) is 11.5 Å². The molecule has 0 radical (unpaired) electrons. The summed E-state index contributed by atoms with van der Waals surface area (Å²) in [5.74, 6) is 0.882. The molecule has 2 N–H and O–H groups in total. The maximum Gasteiger partial charge on any atom is 0.270 e. The summed E-state index contributed by atoms with van der Waals surface area (Å²) in [5, 5.41) is 15.5. The Kier molecular flexibility index (Phi) is 5.22. The summed E-state index contributed by atoms with van der Waals surface area (Å²) in [6.07, 6.45) is 1.63. The molecule has 0 fully saturated rings. The van der Waals surface area contributed by atoms with Gasteiger partial charge in [-0.2, -0.15) is 10.4 Å². The Balaban J connectivity index is 1.69. The van der Waals surface area contributed by atoms with Crippen LogP contribution in [0.2, 0.25) is 0 Å². The van der Waals surface area contributed by atoms with Crippen molar-refractivity contribution in [2.24, 2.45) is 5.10 Å². The summed E-state index contributed by atoms with van der Waals surface area (Å²) in [5.41, 5.74) is 3.99. The van der Waals surface area contributed by atoms with E-state index in [1.165, 1.54) is 0 Å². The third kappa shape index (κ3) is 3.62. The molecule has 1 heterocycles. The summed E-state index contributed by atoms with van der Waals surface area (Å²) >= 11 is 0. The average Bonchev–Trinajstić information content (AvgIpc) is 2.79. The van der Waals surface area contributed by atoms with Crippen LogP contribution in [0.25, 0.3) is 22.0 Å². The van der Waals surface area contributed by atoms with Crippen molar-refractivity contribution in [3.05, 3.63) is 88.2 Å². The highest BCUT2D eigenvalue weighted by atomic mass is 16.5. The second-order valence-electron chi connectivity index (χ2n) is 6.39. The molecule has 1 aromatic heterocycles. The Labute approximate surface area is 172 Å². The van der Waals surface area contributed by atoms with Gasteiger partial charge in [-0.3, -0.25) is 9.78 Å². The first kappa shape index (κ1) is 18.9. The van der Waals surface area contributed by atoms with E-state index in [9.17, 15) is 10.1 Å². The number of rotatable bonds is 5. The Hall–Kier alpha value is -4.44. The minimum absolute atomic E-state index is 0.0467. The number of fused-ring (bicyclic) bond motifs is 1. The number of nitrogens with zero attached hydrogens (tertiary/aromatic N) is 3. The number of aromatic nitrogens is 2. The predicted octanol–water partition coefficient (Wildman–Crippen LogP) is 3.92. The summed E-state index contributed by atoms with van der Waals surface area (Å²) in [4.78, 5) is 19.2. The van der Waals surface area contributed by atoms with E-state index in [2.05, 4.69) is 20.5 Å². The predicted molar refractivity (Wildman–Crippen MR) is 117 cm³/mol. The molecule has 0 aliphatic heterocycles. The number of aromatic amines is 1. The molecular formula is C23H17N5O2. The van der Waals surface area contributed by atoms with Crippen LogP contribution < -0.4 is 15.7 Å². The molecule has 0 amide bonds. The zero-order valence-electron chi connectivity index (χ0n) is 16.1. The van der Waals surface area contributed by atoms with Crippen LogP contribution in [0.15, 0.2) is 76.6 Å². The van der Waals surface area contributed by atoms with Crippen molar-refractivity contribution in [2.75, 3.05) is 12.5 Å². The summed E-state index contributed by atoms with van der Waals surface area (Å²) in [6.45, 7) is 0. The molecule has 0 bridgehead atoms. The zero-order valence-corrected chi connectivity index (χ0v) is 16.1. The van der Waals surface area contributed by atoms with Crippen molar-refractivity contribution in [3.63, 3.8) is 0 Å². The molecule has 30 heavy (non-hydrogen) atoms. The largest absolute Gasteiger partial charge is 0.496 e. The smallest absolute Gasteiger partial charge is 0.270 e. The van der Waals surface area contributed by atoms with Crippen molar-refractivity contribution in [2.45, 2.75) is 0 Å². The molecule has 0 saturated heterocycles. The molecule has 0 atom stereocenters. The third-order valence-corrected chi connectivity index (χ3v) is 4.57. The molecule has 0 aliphatic carbocycles. The van der Waals surface area contributed by atoms with Gasteiger partial charge in [0.25, 0.3) is 5.56 Å². The Bertz CT molecular complexity index is 1330. The number of nitriles is 1. The van der Waals surface area contributed by atoms with Crippen molar-refractivity contribution in [1.82, 2.24) is 9.97 Å². The monoisotopic (exact) mass is 395 g/mol. The van der Waals surface area contributed by atoms with Crippen molar-refractivity contribution in [1.29, 1.82) is 5.26 Å². The average molecular weight is 395 g/mol. The number of hydrogen-bond acceptors (Lipinski definition) is 6. The third-order valence-electron chi connectivity index (χ3n) is 4.57. The normalized spacial score (nSPS) is 10.8. The quantitative estimate of drug-likeness (QED) is 0.394. The highest BCUT2D eigenvalue weighted by Gasteiger charge is 2.13. The fraction of sp³-hybridized carbons (Fsp3) is 0.0435. The lowest BCUT2D eigenvalue weighted by atomic mass is 10.0. The van der Waals surface area contributed by atoms with Crippen molar-refractivity contribution >= 4 is 22.9 Å². The first-order chi connectivity index (χ1) is 14.7. The van der Waals surface area contributed by atoms with E-state index < -0.39 is 5.56 Å². The lowest BCUT2D eigenvalue weighted by Crippen LogP contribution is -2.16. The summed E-state index contributed by atoms with van der Waals surface area (Å²) in [7, 11) is 1.62. The van der Waals surface area contributed by atoms with Crippen LogP contribution in [0.4, 0.5) is 5.95 Å². The van der Waals surface area contributed by atoms with Gasteiger partial charge in [0.05, 0.1) is 19.0 Å². The lowest BCUT2D eigenvalue weighted by molar-refractivity contribution is 0.420. The van der Waals surface area contributed by atoms with Crippen LogP contribution >= 0.6 is 0 Å². The number of ether oxygens (including phenoxy) is 1. The van der Waals surface area contributed by atoms with Gasteiger partial charge in [-0.1, -0.05) is 60.7 Å². The molecule has 7 heteroatoms. The highest BCUT2D eigenvalue weighted by Crippen LogP contribution is 2.28. The van der Waals surface area contributed by atoms with Crippen LogP contribution in [-0.4, -0.2) is 23.3 Å². The van der Waals surface area contributed by atoms with Crippen LogP contribution in [0.3, 0.4) is 0 Å². The van der Waals surface area contributed by atoms with Gasteiger partial charge in [-0.05, 0) is 11.5 Å². The van der Waals surface area contributed by atoms with Crippen LogP contribution in [0.1, 0.15) is 11.1 Å². The van der Waals surface area contributed by atoms with Gasteiger partial charge < -0.3 is 4.74 Å². The number of hydrazone groups is 1. The maximum atomic E-state index is 12.3. The number of benzene rings is 3. The van der Waals surface area contributed by atoms with Gasteiger partial charge in [0.1, 0.15) is 17.4 Å². The van der Waals surface area contributed by atoms with Crippen LogP contribution in [0, 0.1) is 11.3 Å². The van der Waals surface area contributed by atoms with Gasteiger partial charge in [-0.15, -0.1) is 0 Å². The SMILES string of the molecule is COc1cccc2cccc(C=NNc3nc(-c4ccccc4)c(C#N)c(=O)[nH]3)c12. The van der Waals surface area contributed by atoms with Gasteiger partial charge >= 0.3 is 0 Å². The Morgan fingerprint density at radius 1 is 1.10 bits per heavy atom. The highest BCUT2D eigenvalue weighted by molar-refractivity contribution is 6.03. The second kappa shape index (κ2) is 8.29. The first-order valence-corrected chi connectivity index (χ1v) is 9.16. The second-order valence-corrected chi connectivity index (χ2v) is 6.39. The minimum atomic E-state index is -0.532. The number of nitrogens with one attached hydrogen (secondary N) is 2. The van der Waals surface area contributed by atoms with Gasteiger partial charge in [-0.25, -0.2) is 10.4 Å². The molecule has 0 aliphatic rings. The number of H-pyrrole nitrogens is 1. The van der Waals surface area contributed by atoms with E-state index in [1.807, 2.05) is 60.7 Å². The number of hydrogen-bond donors (Lipinski definition) is 2. The lowest BCUT2D eigenvalue weighted by Gasteiger charge is -2.08. The standard InChI is InChI=1S/C23H17N5O2/c1-30-19-12-6-10-15-9-5-11-17(20(15)19)14-25-28-23-26-21(16-7-3-2-4-8-16)18(13-24)22(29)27-23/h2-12,14H,1H3,(H2,26,27,28,29). The first-order valence-electron chi connectivity index (χ1n) is 9.16. The fourth-order valence-electron chi connectivity index (χ4n) is 3.21. The van der Waals surface area contributed by atoms with E-state index >= 15 is 0 Å². The fourth-order valence-corrected chi connectivity index (χ4v) is 3.21. The van der Waals surface area contributed by atoms with Crippen LogP contribution in [0.5, 0.6) is 5.75 Å². The summed E-state index contributed by atoms with van der Waals surface area (Å²) < 4.78 is 5.47. The molecule has 0 saturated carbocycles. The number of anilines is 1. The van der Waals surface area contributed by atoms with Gasteiger partial charge in [0.2, 0.25) is 5.95 Å². The molecule has 4 aromatic rings. The topological polar surface area (TPSA) is 103 Å². The zero-order chi connectivity index (χ0) is 20.9. The van der Waals surface area contributed by atoms with Crippen molar-refractivity contribution in [3.8, 4) is 23.1 Å². The Morgan fingerprint density at radius 2 is 1.87 bits per heavy atom.